The first-order valence-electron chi connectivity index (χ1n) is 9.76. The molecule has 2 amide bonds. The molecule has 6 nitrogen and oxygen atoms in total. The van der Waals surface area contributed by atoms with Crippen molar-refractivity contribution in [3.63, 3.8) is 0 Å². The van der Waals surface area contributed by atoms with Crippen LogP contribution < -0.4 is 0 Å². The second kappa shape index (κ2) is 9.01. The average Bonchev–Trinajstić information content (AvgIpc) is 2.72. The lowest BCUT2D eigenvalue weighted by Gasteiger charge is -2.55. The summed E-state index contributed by atoms with van der Waals surface area (Å²) in [6.07, 6.45) is 5.59. The summed E-state index contributed by atoms with van der Waals surface area (Å²) in [5.41, 5.74) is 2.52. The number of carbonyl (C=O) groups is 2. The first-order chi connectivity index (χ1) is 14.0. The molecule has 3 rings (SSSR count). The summed E-state index contributed by atoms with van der Waals surface area (Å²) in [7, 11) is 1.72. The second-order valence-electron chi connectivity index (χ2n) is 7.34. The van der Waals surface area contributed by atoms with Crippen LogP contribution in [0.1, 0.15) is 41.4 Å². The minimum atomic E-state index is -0.289. The summed E-state index contributed by atoms with van der Waals surface area (Å²) in [6, 6.07) is 12.9. The van der Waals surface area contributed by atoms with Gasteiger partial charge in [0.15, 0.2) is 0 Å². The fourth-order valence-electron chi connectivity index (χ4n) is 4.13. The zero-order chi connectivity index (χ0) is 21.0. The highest BCUT2D eigenvalue weighted by Gasteiger charge is 2.50. The molecule has 1 aromatic heterocycles. The van der Waals surface area contributed by atoms with Crippen molar-refractivity contribution < 1.29 is 14.7 Å². The number of amides is 2. The molecule has 152 valence electrons. The van der Waals surface area contributed by atoms with E-state index in [1.165, 1.54) is 6.92 Å². The number of aliphatic hydroxyl groups is 1. The Morgan fingerprint density at radius 1 is 1.17 bits per heavy atom. The highest BCUT2D eigenvalue weighted by molar-refractivity contribution is 5.92. The van der Waals surface area contributed by atoms with Crippen LogP contribution in [0.15, 0.2) is 54.7 Å². The second-order valence-corrected chi connectivity index (χ2v) is 7.34. The summed E-state index contributed by atoms with van der Waals surface area (Å²) in [4.78, 5) is 32.3. The average molecular weight is 393 g/mol. The van der Waals surface area contributed by atoms with Crippen molar-refractivity contribution >= 4 is 17.9 Å². The van der Waals surface area contributed by atoms with Gasteiger partial charge in [0.05, 0.1) is 18.7 Å². The molecule has 1 aliphatic rings. The van der Waals surface area contributed by atoms with Crippen LogP contribution in [-0.4, -0.2) is 64.0 Å². The van der Waals surface area contributed by atoms with Crippen molar-refractivity contribution in [2.45, 2.75) is 31.8 Å². The van der Waals surface area contributed by atoms with E-state index in [9.17, 15) is 14.7 Å². The van der Waals surface area contributed by atoms with Gasteiger partial charge in [-0.1, -0.05) is 42.5 Å². The first-order valence-corrected chi connectivity index (χ1v) is 9.76. The number of carbonyl (C=O) groups excluding carboxylic acids is 2. The van der Waals surface area contributed by atoms with Crippen LogP contribution >= 0.6 is 0 Å². The molecule has 0 bridgehead atoms. The van der Waals surface area contributed by atoms with Gasteiger partial charge in [-0.05, 0) is 30.2 Å². The summed E-state index contributed by atoms with van der Waals surface area (Å²) in [5, 5.41) is 9.92. The third kappa shape index (κ3) is 4.22. The highest BCUT2D eigenvalue weighted by Crippen LogP contribution is 2.41. The molecule has 1 saturated heterocycles. The lowest BCUT2D eigenvalue weighted by molar-refractivity contribution is -0.148. The van der Waals surface area contributed by atoms with Gasteiger partial charge in [-0.25, -0.2) is 0 Å². The van der Waals surface area contributed by atoms with Gasteiger partial charge >= 0.3 is 0 Å². The van der Waals surface area contributed by atoms with Crippen molar-refractivity contribution in [1.82, 2.24) is 14.8 Å². The van der Waals surface area contributed by atoms with Gasteiger partial charge in [0.25, 0.3) is 5.91 Å². The molecule has 1 fully saturated rings. The Morgan fingerprint density at radius 3 is 2.45 bits per heavy atom. The van der Waals surface area contributed by atoms with Crippen molar-refractivity contribution in [3.8, 4) is 0 Å². The van der Waals surface area contributed by atoms with Crippen LogP contribution in [0.5, 0.6) is 0 Å². The van der Waals surface area contributed by atoms with Crippen molar-refractivity contribution in [2.24, 2.45) is 0 Å². The van der Waals surface area contributed by atoms with Crippen LogP contribution in [-0.2, 0) is 4.79 Å². The van der Waals surface area contributed by atoms with E-state index in [1.54, 1.807) is 41.2 Å². The van der Waals surface area contributed by atoms with E-state index in [2.05, 4.69) is 4.98 Å². The molecular formula is C23H27N3O3. The van der Waals surface area contributed by atoms with Gasteiger partial charge < -0.3 is 14.9 Å². The molecular weight excluding hydrogens is 366 g/mol. The third-order valence-corrected chi connectivity index (χ3v) is 5.47. The minimum Gasteiger partial charge on any atom is -0.394 e. The molecule has 29 heavy (non-hydrogen) atoms. The summed E-state index contributed by atoms with van der Waals surface area (Å²) in [6.45, 7) is 3.72. The standard InChI is InChI=1S/C23H27N3O3/c1-4-7-17-9-11-18(12-10-17)22-20(26(16(2)28)21(22)15-27)14-25(3)23(29)19-8-5-6-13-24-19/h4-13,20-22,27H,14-15H2,1-3H3/t20-,21+,22+/m0/s1. The Balaban J connectivity index is 1.84. The van der Waals surface area contributed by atoms with E-state index in [-0.39, 0.29) is 36.4 Å². The Kier molecular flexibility index (Phi) is 6.44. The number of likely N-dealkylation sites (tertiary alicyclic amines) is 1. The van der Waals surface area contributed by atoms with E-state index in [0.29, 0.717) is 12.2 Å². The predicted molar refractivity (Wildman–Crippen MR) is 112 cm³/mol. The van der Waals surface area contributed by atoms with E-state index in [0.717, 1.165) is 11.1 Å². The van der Waals surface area contributed by atoms with E-state index >= 15 is 0 Å². The molecule has 1 aromatic carbocycles. The van der Waals surface area contributed by atoms with E-state index < -0.39 is 0 Å². The minimum absolute atomic E-state index is 0.0393. The van der Waals surface area contributed by atoms with Crippen molar-refractivity contribution in [1.29, 1.82) is 0 Å². The topological polar surface area (TPSA) is 73.7 Å². The number of allylic oxidation sites excluding steroid dienone is 1. The van der Waals surface area contributed by atoms with Gasteiger partial charge in [0.2, 0.25) is 5.91 Å². The van der Waals surface area contributed by atoms with Crippen LogP contribution in [0.2, 0.25) is 0 Å². The van der Waals surface area contributed by atoms with Gasteiger partial charge in [0, 0.05) is 32.6 Å². The number of hydrogen-bond donors (Lipinski definition) is 1. The zero-order valence-electron chi connectivity index (χ0n) is 17.0. The van der Waals surface area contributed by atoms with Crippen LogP contribution in [0.4, 0.5) is 0 Å². The number of likely N-dealkylation sites (N-methyl/N-ethyl adjacent to an activating group) is 1. The number of nitrogens with zero attached hydrogens (tertiary/aromatic N) is 3. The molecule has 1 aliphatic heterocycles. The fourth-order valence-corrected chi connectivity index (χ4v) is 4.13. The maximum atomic E-state index is 12.7. The van der Waals surface area contributed by atoms with Crippen LogP contribution in [0, 0.1) is 0 Å². The Morgan fingerprint density at radius 2 is 1.90 bits per heavy atom. The van der Waals surface area contributed by atoms with Crippen molar-refractivity contribution in [3.05, 3.63) is 71.6 Å². The number of aliphatic hydroxyl groups excluding tert-OH is 1. The number of hydrogen-bond acceptors (Lipinski definition) is 4. The molecule has 2 heterocycles. The Labute approximate surface area is 171 Å². The molecule has 0 radical (unpaired) electrons. The fraction of sp³-hybridized carbons (Fsp3) is 0.348. The number of aromatic nitrogens is 1. The monoisotopic (exact) mass is 393 g/mol. The molecule has 2 aromatic rings. The lowest BCUT2D eigenvalue weighted by atomic mass is 9.74. The number of benzene rings is 1. The molecule has 6 heteroatoms. The maximum absolute atomic E-state index is 12.7. The summed E-state index contributed by atoms with van der Waals surface area (Å²) >= 11 is 0. The molecule has 0 aliphatic carbocycles. The van der Waals surface area contributed by atoms with Gasteiger partial charge in [0.1, 0.15) is 5.69 Å². The van der Waals surface area contributed by atoms with Gasteiger partial charge in [-0.2, -0.15) is 0 Å². The summed E-state index contributed by atoms with van der Waals surface area (Å²) < 4.78 is 0. The van der Waals surface area contributed by atoms with E-state index in [4.69, 9.17) is 0 Å². The predicted octanol–water partition coefficient (Wildman–Crippen LogP) is 2.56. The van der Waals surface area contributed by atoms with Gasteiger partial charge in [-0.3, -0.25) is 14.6 Å². The number of pyridine rings is 1. The normalized spacial score (nSPS) is 21.1. The summed E-state index contributed by atoms with van der Waals surface area (Å²) in [5.74, 6) is -0.333. The molecule has 1 N–H and O–H groups in total. The largest absolute Gasteiger partial charge is 0.394 e. The maximum Gasteiger partial charge on any atom is 0.272 e. The zero-order valence-corrected chi connectivity index (χ0v) is 17.0. The van der Waals surface area contributed by atoms with E-state index in [1.807, 2.05) is 43.3 Å². The molecule has 0 saturated carbocycles. The quantitative estimate of drug-likeness (QED) is 0.819. The van der Waals surface area contributed by atoms with Gasteiger partial charge in [-0.15, -0.1) is 0 Å². The Hall–Kier alpha value is -2.99. The smallest absolute Gasteiger partial charge is 0.272 e. The number of rotatable bonds is 6. The van der Waals surface area contributed by atoms with Crippen LogP contribution in [0.3, 0.4) is 0 Å². The molecule has 0 spiro atoms. The van der Waals surface area contributed by atoms with Crippen LogP contribution in [0.25, 0.3) is 6.08 Å². The van der Waals surface area contributed by atoms with Crippen molar-refractivity contribution in [2.75, 3.05) is 20.2 Å². The third-order valence-electron chi connectivity index (χ3n) is 5.47. The molecule has 0 unspecified atom stereocenters. The molecule has 3 atom stereocenters. The lowest BCUT2D eigenvalue weighted by Crippen LogP contribution is -2.68. The Bertz CT molecular complexity index is 880. The SMILES string of the molecule is CC=Cc1ccc([C@H]2[C@@H](CO)N(C(C)=O)[C@H]2CN(C)C(=O)c2ccccn2)cc1. The first kappa shape index (κ1) is 20.7. The highest BCUT2D eigenvalue weighted by atomic mass is 16.3.